The van der Waals surface area contributed by atoms with E-state index >= 15 is 0 Å². The van der Waals surface area contributed by atoms with E-state index in [0.717, 1.165) is 43.9 Å². The third-order valence-electron chi connectivity index (χ3n) is 6.33. The Bertz CT molecular complexity index is 951. The molecule has 4 rings (SSSR count). The van der Waals surface area contributed by atoms with Gasteiger partial charge < -0.3 is 14.4 Å². The molecule has 1 aromatic heterocycles. The molecule has 1 spiro atoms. The number of hydrogen-bond donors (Lipinski definition) is 2. The van der Waals surface area contributed by atoms with Crippen molar-refractivity contribution in [1.29, 1.82) is 0 Å². The topological polar surface area (TPSA) is 67.0 Å². The Morgan fingerprint density at radius 3 is 2.57 bits per heavy atom. The van der Waals surface area contributed by atoms with Crippen molar-refractivity contribution in [2.24, 2.45) is 5.41 Å². The fourth-order valence-corrected chi connectivity index (χ4v) is 5.61. The Morgan fingerprint density at radius 1 is 1.27 bits per heavy atom. The standard InChI is InChI=1S/C22H30N4OS2.Na/c1-15-20(28)23-14-18(24-15)26-11-9-22(10-12-26)13-16-7-5-6-8-17(16)19(22)25-29(27)21(2,3)4;/h5-8,14,19,25H,9-13H2,1-4H3,(H,23,28);/t19-,29?;/m1./s1. The zero-order valence-corrected chi connectivity index (χ0v) is 22.3. The van der Waals surface area contributed by atoms with E-state index < -0.39 is 11.4 Å². The minimum atomic E-state index is -1.11. The Hall–Kier alpha value is -0.410. The molecule has 1 unspecified atom stereocenters. The molecule has 0 saturated carbocycles. The van der Waals surface area contributed by atoms with Gasteiger partial charge in [-0.15, -0.1) is 4.72 Å². The van der Waals surface area contributed by atoms with Crippen molar-refractivity contribution in [2.75, 3.05) is 18.0 Å². The maximum absolute atomic E-state index is 13.0. The molecule has 2 N–H and O–H groups in total. The van der Waals surface area contributed by atoms with Crippen LogP contribution in [0.3, 0.4) is 0 Å². The molecule has 157 valence electrons. The smallest absolute Gasteiger partial charge is 0.145 e. The van der Waals surface area contributed by atoms with Crippen LogP contribution in [-0.4, -0.2) is 61.9 Å². The molecule has 8 heteroatoms. The van der Waals surface area contributed by atoms with Crippen LogP contribution in [0.25, 0.3) is 0 Å². The molecule has 2 aliphatic rings. The van der Waals surface area contributed by atoms with Gasteiger partial charge in [0, 0.05) is 65.6 Å². The van der Waals surface area contributed by atoms with Crippen LogP contribution in [0.5, 0.6) is 0 Å². The Labute approximate surface area is 210 Å². The molecule has 1 saturated heterocycles. The molecule has 2 atom stereocenters. The van der Waals surface area contributed by atoms with Gasteiger partial charge in [0.2, 0.25) is 0 Å². The number of nitrogens with one attached hydrogen (secondary N) is 2. The van der Waals surface area contributed by atoms with Gasteiger partial charge in [-0.25, -0.2) is 4.98 Å². The molecular formula is C22H30N4NaOS2. The van der Waals surface area contributed by atoms with Crippen molar-refractivity contribution in [2.45, 2.75) is 57.7 Å². The first-order valence-corrected chi connectivity index (χ1v) is 11.8. The monoisotopic (exact) mass is 453 g/mol. The van der Waals surface area contributed by atoms with Crippen molar-refractivity contribution < 1.29 is 4.55 Å². The Balaban J connectivity index is 0.00000256. The largest absolute Gasteiger partial charge is 0.598 e. The molecule has 2 heterocycles. The summed E-state index contributed by atoms with van der Waals surface area (Å²) in [7, 11) is 0. The summed E-state index contributed by atoms with van der Waals surface area (Å²) in [6.45, 7) is 9.90. The van der Waals surface area contributed by atoms with Gasteiger partial charge in [0.05, 0.1) is 11.7 Å². The number of piperidine rings is 1. The van der Waals surface area contributed by atoms with Gasteiger partial charge in [0.15, 0.2) is 0 Å². The molecule has 1 aromatic carbocycles. The maximum Gasteiger partial charge on any atom is 0.145 e. The van der Waals surface area contributed by atoms with E-state index in [1.807, 2.05) is 33.9 Å². The van der Waals surface area contributed by atoms with Crippen molar-refractivity contribution >= 4 is 59.0 Å². The third kappa shape index (κ3) is 4.68. The van der Waals surface area contributed by atoms with Gasteiger partial charge in [0.1, 0.15) is 15.2 Å². The normalized spacial score (nSPS) is 21.2. The number of aromatic nitrogens is 2. The predicted molar refractivity (Wildman–Crippen MR) is 128 cm³/mol. The second kappa shape index (κ2) is 9.22. The number of aryl methyl sites for hydroxylation is 1. The predicted octanol–water partition coefficient (Wildman–Crippen LogP) is 4.00. The van der Waals surface area contributed by atoms with Crippen LogP contribution >= 0.6 is 12.2 Å². The van der Waals surface area contributed by atoms with E-state index in [1.165, 1.54) is 11.1 Å². The van der Waals surface area contributed by atoms with Crippen molar-refractivity contribution in [3.05, 3.63) is 51.9 Å². The summed E-state index contributed by atoms with van der Waals surface area (Å²) >= 11 is 4.14. The second-order valence-electron chi connectivity index (χ2n) is 9.33. The summed E-state index contributed by atoms with van der Waals surface area (Å²) in [5.41, 5.74) is 3.67. The van der Waals surface area contributed by atoms with Gasteiger partial charge in [0.25, 0.3) is 0 Å². The summed E-state index contributed by atoms with van der Waals surface area (Å²) in [4.78, 5) is 10.2. The maximum atomic E-state index is 13.0. The zero-order chi connectivity index (χ0) is 20.8. The summed E-state index contributed by atoms with van der Waals surface area (Å²) < 4.78 is 16.9. The first-order valence-electron chi connectivity index (χ1n) is 10.3. The van der Waals surface area contributed by atoms with E-state index in [4.69, 9.17) is 12.2 Å². The van der Waals surface area contributed by atoms with Crippen LogP contribution in [0.1, 0.15) is 56.5 Å². The molecule has 1 radical (unpaired) electrons. The molecule has 5 nitrogen and oxygen atoms in total. The van der Waals surface area contributed by atoms with E-state index in [0.29, 0.717) is 4.64 Å². The third-order valence-corrected chi connectivity index (χ3v) is 8.30. The van der Waals surface area contributed by atoms with E-state index in [-0.39, 0.29) is 45.8 Å². The minimum Gasteiger partial charge on any atom is -0.598 e. The van der Waals surface area contributed by atoms with Gasteiger partial charge in [-0.3, -0.25) is 0 Å². The Morgan fingerprint density at radius 2 is 1.93 bits per heavy atom. The first-order chi connectivity index (χ1) is 13.7. The number of anilines is 1. The molecule has 2 aromatic rings. The minimum absolute atomic E-state index is 0. The molecule has 1 aliphatic heterocycles. The van der Waals surface area contributed by atoms with Crippen molar-refractivity contribution in [1.82, 2.24) is 14.7 Å². The van der Waals surface area contributed by atoms with E-state index in [9.17, 15) is 4.55 Å². The number of nitrogens with zero attached hydrogens (tertiary/aromatic N) is 2. The number of aromatic amines is 1. The van der Waals surface area contributed by atoms with Crippen molar-refractivity contribution in [3.63, 3.8) is 0 Å². The van der Waals surface area contributed by atoms with E-state index in [2.05, 4.69) is 43.9 Å². The van der Waals surface area contributed by atoms with Gasteiger partial charge >= 0.3 is 0 Å². The molecule has 0 amide bonds. The summed E-state index contributed by atoms with van der Waals surface area (Å²) in [6, 6.07) is 8.77. The average molecular weight is 454 g/mol. The SMILES string of the molecule is Cc1nc(N2CCC3(CC2)Cc2ccccc2[C@H]3N[S+]([O-])C(C)(C)C)c[nH]c1=S.[Na]. The number of rotatable bonds is 3. The van der Waals surface area contributed by atoms with Crippen molar-refractivity contribution in [3.8, 4) is 0 Å². The quantitative estimate of drug-likeness (QED) is 0.418. The van der Waals surface area contributed by atoms with Gasteiger partial charge in [-0.05, 0) is 58.1 Å². The number of fused-ring (bicyclic) bond motifs is 1. The fourth-order valence-electron chi connectivity index (χ4n) is 4.56. The van der Waals surface area contributed by atoms with Crippen LogP contribution in [0.15, 0.2) is 30.5 Å². The first kappa shape index (κ1) is 24.2. The summed E-state index contributed by atoms with van der Waals surface area (Å²) in [5.74, 6) is 0.962. The molecule has 1 aliphatic carbocycles. The number of H-pyrrole nitrogens is 1. The van der Waals surface area contributed by atoms with E-state index in [1.54, 1.807) is 0 Å². The van der Waals surface area contributed by atoms with Crippen LogP contribution < -0.4 is 9.62 Å². The number of hydrogen-bond acceptors (Lipinski definition) is 5. The average Bonchev–Trinajstić information content (AvgIpc) is 2.97. The summed E-state index contributed by atoms with van der Waals surface area (Å²) in [5, 5.41) is 0. The second-order valence-corrected chi connectivity index (χ2v) is 11.7. The van der Waals surface area contributed by atoms with Gasteiger partial charge in [-0.2, -0.15) is 0 Å². The fraction of sp³-hybridized carbons (Fsp3) is 0.545. The molecule has 0 bridgehead atoms. The number of benzene rings is 1. The molecule has 30 heavy (non-hydrogen) atoms. The van der Waals surface area contributed by atoms with Crippen LogP contribution in [0.2, 0.25) is 0 Å². The van der Waals surface area contributed by atoms with Crippen LogP contribution in [-0.2, 0) is 17.8 Å². The Kier molecular flexibility index (Phi) is 7.45. The zero-order valence-electron chi connectivity index (χ0n) is 18.6. The van der Waals surface area contributed by atoms with Gasteiger partial charge in [-0.1, -0.05) is 36.5 Å². The molecular weight excluding hydrogens is 423 g/mol. The molecule has 1 fully saturated rings. The van der Waals surface area contributed by atoms with Crippen LogP contribution in [0.4, 0.5) is 5.82 Å². The summed E-state index contributed by atoms with van der Waals surface area (Å²) in [6.07, 6.45) is 5.04. The van der Waals surface area contributed by atoms with Crippen LogP contribution in [0, 0.1) is 17.0 Å².